The van der Waals surface area contributed by atoms with E-state index in [1.165, 1.54) is 17.8 Å². The molecule has 0 saturated carbocycles. The van der Waals surface area contributed by atoms with Gasteiger partial charge in [-0.15, -0.1) is 0 Å². The van der Waals surface area contributed by atoms with Crippen molar-refractivity contribution in [3.8, 4) is 0 Å². The third-order valence-corrected chi connectivity index (χ3v) is 3.62. The quantitative estimate of drug-likeness (QED) is 0.700. The first kappa shape index (κ1) is 13.9. The van der Waals surface area contributed by atoms with E-state index in [2.05, 4.69) is 72.6 Å². The van der Waals surface area contributed by atoms with Crippen LogP contribution in [0.2, 0.25) is 0 Å². The molecule has 0 spiro atoms. The Morgan fingerprint density at radius 1 is 1.16 bits per heavy atom. The van der Waals surface area contributed by atoms with E-state index in [1.54, 1.807) is 0 Å². The van der Waals surface area contributed by atoms with Crippen molar-refractivity contribution in [2.75, 3.05) is 0 Å². The van der Waals surface area contributed by atoms with Crippen LogP contribution in [0.1, 0.15) is 44.6 Å². The maximum atomic E-state index is 2.41. The third-order valence-electron chi connectivity index (χ3n) is 3.62. The van der Waals surface area contributed by atoms with Crippen LogP contribution in [0.25, 0.3) is 0 Å². The van der Waals surface area contributed by atoms with Gasteiger partial charge in [0.05, 0.1) is 12.6 Å². The highest BCUT2D eigenvalue weighted by Crippen LogP contribution is 2.08. The van der Waals surface area contributed by atoms with Crippen LogP contribution in [-0.4, -0.2) is 4.57 Å². The lowest BCUT2D eigenvalue weighted by Crippen LogP contribution is -2.37. The van der Waals surface area contributed by atoms with Gasteiger partial charge in [-0.1, -0.05) is 37.3 Å². The molecule has 1 heterocycles. The Labute approximate surface area is 116 Å². The van der Waals surface area contributed by atoms with Crippen LogP contribution < -0.4 is 4.57 Å². The van der Waals surface area contributed by atoms with Gasteiger partial charge < -0.3 is 0 Å². The molecule has 2 heteroatoms. The lowest BCUT2D eigenvalue weighted by molar-refractivity contribution is -0.704. The fourth-order valence-electron chi connectivity index (χ4n) is 2.63. The second-order valence-corrected chi connectivity index (χ2v) is 5.35. The smallest absolute Gasteiger partial charge is 0.234 e. The molecule has 0 aliphatic heterocycles. The number of aromatic nitrogens is 2. The summed E-state index contributed by atoms with van der Waals surface area (Å²) in [4.78, 5) is 0. The molecule has 0 bridgehead atoms. The van der Waals surface area contributed by atoms with Crippen molar-refractivity contribution in [3.63, 3.8) is 0 Å². The average Bonchev–Trinajstić information content (AvgIpc) is 2.83. The van der Waals surface area contributed by atoms with E-state index in [4.69, 9.17) is 0 Å². The van der Waals surface area contributed by atoms with Crippen molar-refractivity contribution in [2.24, 2.45) is 0 Å². The van der Waals surface area contributed by atoms with Crippen LogP contribution in [0.4, 0.5) is 0 Å². The normalized spacial score (nSPS) is 11.2. The topological polar surface area (TPSA) is 8.81 Å². The Kier molecular flexibility index (Phi) is 4.78. The van der Waals surface area contributed by atoms with Crippen LogP contribution in [0, 0.1) is 0 Å². The number of hydrogen-bond donors (Lipinski definition) is 0. The summed E-state index contributed by atoms with van der Waals surface area (Å²) >= 11 is 0. The first-order valence-electron chi connectivity index (χ1n) is 7.35. The molecule has 2 aromatic rings. The molecule has 0 radical (unpaired) electrons. The standard InChI is InChI=1S/C17H25N2/c1-4-17-18(13-14-19(17)15(2)3)12-8-11-16-9-6-5-7-10-16/h5-7,9-10,13-15H,4,8,11-12H2,1-3H3/q+1. The molecule has 0 saturated heterocycles. The molecule has 0 amide bonds. The molecule has 1 aromatic heterocycles. The zero-order valence-electron chi connectivity index (χ0n) is 12.3. The van der Waals surface area contributed by atoms with E-state index in [0.29, 0.717) is 6.04 Å². The number of aryl methyl sites for hydroxylation is 2. The lowest BCUT2D eigenvalue weighted by Gasteiger charge is -2.06. The maximum absolute atomic E-state index is 2.41. The Hall–Kier alpha value is -1.57. The van der Waals surface area contributed by atoms with Crippen LogP contribution in [0.3, 0.4) is 0 Å². The molecule has 102 valence electrons. The van der Waals surface area contributed by atoms with Crippen molar-refractivity contribution in [1.82, 2.24) is 4.57 Å². The summed E-state index contributed by atoms with van der Waals surface area (Å²) in [6, 6.07) is 11.3. The van der Waals surface area contributed by atoms with Gasteiger partial charge in [0.25, 0.3) is 5.82 Å². The number of nitrogens with zero attached hydrogens (tertiary/aromatic N) is 2. The first-order chi connectivity index (χ1) is 9.22. The van der Waals surface area contributed by atoms with E-state index in [1.807, 2.05) is 0 Å². The molecule has 0 atom stereocenters. The molecule has 19 heavy (non-hydrogen) atoms. The third kappa shape index (κ3) is 3.46. The molecule has 0 fully saturated rings. The van der Waals surface area contributed by atoms with Crippen LogP contribution >= 0.6 is 0 Å². The largest absolute Gasteiger partial charge is 0.256 e. The number of hydrogen-bond acceptors (Lipinski definition) is 0. The predicted octanol–water partition coefficient (Wildman–Crippen LogP) is 3.55. The van der Waals surface area contributed by atoms with Gasteiger partial charge in [0.2, 0.25) is 0 Å². The number of rotatable bonds is 6. The summed E-state index contributed by atoms with van der Waals surface area (Å²) in [6.45, 7) is 7.83. The molecule has 0 unspecified atom stereocenters. The summed E-state index contributed by atoms with van der Waals surface area (Å²) in [7, 11) is 0. The molecule has 1 aromatic carbocycles. The molecule has 0 N–H and O–H groups in total. The SMILES string of the molecule is CCc1n(C(C)C)cc[n+]1CCCc1ccccc1. The number of imidazole rings is 1. The van der Waals surface area contributed by atoms with Gasteiger partial charge >= 0.3 is 0 Å². The number of benzene rings is 1. The van der Waals surface area contributed by atoms with Crippen molar-refractivity contribution in [2.45, 2.75) is 52.6 Å². The minimum Gasteiger partial charge on any atom is -0.234 e. The van der Waals surface area contributed by atoms with Crippen LogP contribution in [-0.2, 0) is 19.4 Å². The van der Waals surface area contributed by atoms with E-state index in [-0.39, 0.29) is 0 Å². The van der Waals surface area contributed by atoms with E-state index in [9.17, 15) is 0 Å². The molecular weight excluding hydrogens is 232 g/mol. The fraction of sp³-hybridized carbons (Fsp3) is 0.471. The zero-order valence-corrected chi connectivity index (χ0v) is 12.3. The summed E-state index contributed by atoms with van der Waals surface area (Å²) in [5.41, 5.74) is 1.43. The Morgan fingerprint density at radius 3 is 2.53 bits per heavy atom. The van der Waals surface area contributed by atoms with Gasteiger partial charge in [0.1, 0.15) is 12.4 Å². The van der Waals surface area contributed by atoms with Crippen LogP contribution in [0.15, 0.2) is 42.7 Å². The second-order valence-electron chi connectivity index (χ2n) is 5.35. The van der Waals surface area contributed by atoms with Gasteiger partial charge in [-0.25, -0.2) is 9.13 Å². The van der Waals surface area contributed by atoms with E-state index < -0.39 is 0 Å². The predicted molar refractivity (Wildman–Crippen MR) is 79.2 cm³/mol. The average molecular weight is 257 g/mol. The minimum absolute atomic E-state index is 0.547. The lowest BCUT2D eigenvalue weighted by atomic mass is 10.1. The highest BCUT2D eigenvalue weighted by atomic mass is 15.2. The fourth-order valence-corrected chi connectivity index (χ4v) is 2.63. The molecule has 2 nitrogen and oxygen atoms in total. The highest BCUT2D eigenvalue weighted by Gasteiger charge is 2.16. The molecular formula is C17H25N2+. The van der Waals surface area contributed by atoms with E-state index >= 15 is 0 Å². The summed E-state index contributed by atoms with van der Waals surface area (Å²) in [5.74, 6) is 1.43. The van der Waals surface area contributed by atoms with Crippen LogP contribution in [0.5, 0.6) is 0 Å². The van der Waals surface area contributed by atoms with Gasteiger partial charge in [-0.3, -0.25) is 0 Å². The minimum atomic E-state index is 0.547. The van der Waals surface area contributed by atoms with Gasteiger partial charge in [-0.2, -0.15) is 0 Å². The van der Waals surface area contributed by atoms with Crippen molar-refractivity contribution < 1.29 is 4.57 Å². The summed E-state index contributed by atoms with van der Waals surface area (Å²) in [6.07, 6.45) is 7.89. The highest BCUT2D eigenvalue weighted by molar-refractivity contribution is 5.14. The Morgan fingerprint density at radius 2 is 1.89 bits per heavy atom. The molecule has 0 aliphatic carbocycles. The van der Waals surface area contributed by atoms with E-state index in [0.717, 1.165) is 19.4 Å². The van der Waals surface area contributed by atoms with Crippen molar-refractivity contribution in [1.29, 1.82) is 0 Å². The molecule has 2 rings (SSSR count). The Bertz CT molecular complexity index is 497. The summed E-state index contributed by atoms with van der Waals surface area (Å²) < 4.78 is 4.78. The van der Waals surface area contributed by atoms with Crippen molar-refractivity contribution >= 4 is 0 Å². The first-order valence-corrected chi connectivity index (χ1v) is 7.35. The Balaban J connectivity index is 1.96. The van der Waals surface area contributed by atoms with Gasteiger partial charge in [0, 0.05) is 6.42 Å². The van der Waals surface area contributed by atoms with Gasteiger partial charge in [0.15, 0.2) is 0 Å². The maximum Gasteiger partial charge on any atom is 0.256 e. The zero-order chi connectivity index (χ0) is 13.7. The second kappa shape index (κ2) is 6.55. The van der Waals surface area contributed by atoms with Gasteiger partial charge in [-0.05, 0) is 32.3 Å². The molecule has 0 aliphatic rings. The van der Waals surface area contributed by atoms with Crippen molar-refractivity contribution in [3.05, 3.63) is 54.1 Å². The monoisotopic (exact) mass is 257 g/mol. The summed E-state index contributed by atoms with van der Waals surface area (Å²) in [5, 5.41) is 0.